The fraction of sp³-hybridized carbons (Fsp3) is 0.278. The highest BCUT2D eigenvalue weighted by molar-refractivity contribution is 6.30. The first-order valence-electron chi connectivity index (χ1n) is 8.11. The lowest BCUT2D eigenvalue weighted by molar-refractivity contribution is -0.385. The van der Waals surface area contributed by atoms with E-state index in [2.05, 4.69) is 4.90 Å². The average molecular weight is 378 g/mol. The number of carbonyl (C=O) groups is 1. The number of hydrogen-bond donors (Lipinski definition) is 0. The van der Waals surface area contributed by atoms with E-state index in [1.54, 1.807) is 4.90 Å². The van der Waals surface area contributed by atoms with Crippen molar-refractivity contribution in [3.63, 3.8) is 0 Å². The van der Waals surface area contributed by atoms with Crippen LogP contribution < -0.4 is 4.90 Å². The number of amides is 1. The molecule has 2 aromatic rings. The van der Waals surface area contributed by atoms with E-state index in [0.29, 0.717) is 31.2 Å². The molecular weight excluding hydrogens is 361 g/mol. The molecule has 0 N–H and O–H groups in total. The highest BCUT2D eigenvalue weighted by atomic mass is 35.5. The Balaban J connectivity index is 1.71. The van der Waals surface area contributed by atoms with Gasteiger partial charge in [-0.2, -0.15) is 0 Å². The highest BCUT2D eigenvalue weighted by Gasteiger charge is 2.25. The molecule has 0 spiro atoms. The van der Waals surface area contributed by atoms with Crippen molar-refractivity contribution in [1.82, 2.24) is 4.90 Å². The lowest BCUT2D eigenvalue weighted by atomic mass is 10.1. The van der Waals surface area contributed by atoms with Gasteiger partial charge in [-0.3, -0.25) is 14.9 Å². The molecule has 0 saturated carbocycles. The maximum absolute atomic E-state index is 14.1. The van der Waals surface area contributed by atoms with Crippen LogP contribution in [0.4, 0.5) is 15.8 Å². The Morgan fingerprint density at radius 2 is 1.85 bits per heavy atom. The third-order valence-corrected chi connectivity index (χ3v) is 4.71. The summed E-state index contributed by atoms with van der Waals surface area (Å²) in [4.78, 5) is 26.2. The molecule has 0 aliphatic carbocycles. The molecule has 8 heteroatoms. The van der Waals surface area contributed by atoms with E-state index in [0.717, 1.165) is 23.4 Å². The van der Waals surface area contributed by atoms with Crippen LogP contribution in [0.15, 0.2) is 36.4 Å². The van der Waals surface area contributed by atoms with Gasteiger partial charge >= 0.3 is 0 Å². The molecule has 1 aliphatic rings. The van der Waals surface area contributed by atoms with Crippen LogP contribution in [-0.2, 0) is 0 Å². The second kappa shape index (κ2) is 7.29. The fourth-order valence-electron chi connectivity index (χ4n) is 3.04. The first kappa shape index (κ1) is 18.1. The van der Waals surface area contributed by atoms with Gasteiger partial charge in [-0.15, -0.1) is 0 Å². The predicted octanol–water partition coefficient (Wildman–Crippen LogP) is 3.66. The molecule has 0 aromatic heterocycles. The lowest BCUT2D eigenvalue weighted by Gasteiger charge is -2.37. The minimum atomic E-state index is -0.877. The highest BCUT2D eigenvalue weighted by Crippen LogP contribution is 2.26. The normalized spacial score (nSPS) is 14.4. The summed E-state index contributed by atoms with van der Waals surface area (Å²) in [6.45, 7) is 4.06. The van der Waals surface area contributed by atoms with Crippen molar-refractivity contribution in [2.24, 2.45) is 0 Å². The van der Waals surface area contributed by atoms with E-state index < -0.39 is 16.6 Å². The number of non-ortho nitro benzene ring substituents is 1. The van der Waals surface area contributed by atoms with E-state index in [1.165, 1.54) is 6.07 Å². The quantitative estimate of drug-likeness (QED) is 0.604. The van der Waals surface area contributed by atoms with Crippen LogP contribution in [0.5, 0.6) is 0 Å². The Labute approximate surface area is 154 Å². The summed E-state index contributed by atoms with van der Waals surface area (Å²) < 4.78 is 14.1. The number of rotatable bonds is 3. The van der Waals surface area contributed by atoms with Crippen LogP contribution in [0, 0.1) is 22.9 Å². The summed E-state index contributed by atoms with van der Waals surface area (Å²) in [6, 6.07) is 8.76. The van der Waals surface area contributed by atoms with Crippen LogP contribution >= 0.6 is 11.6 Å². The first-order chi connectivity index (χ1) is 12.4. The average Bonchev–Trinajstić information content (AvgIpc) is 2.63. The Kier molecular flexibility index (Phi) is 5.08. The zero-order valence-electron chi connectivity index (χ0n) is 14.1. The van der Waals surface area contributed by atoms with Gasteiger partial charge in [-0.1, -0.05) is 17.7 Å². The second-order valence-corrected chi connectivity index (χ2v) is 6.57. The molecule has 0 bridgehead atoms. The molecule has 1 fully saturated rings. The number of nitro groups is 1. The van der Waals surface area contributed by atoms with Crippen molar-refractivity contribution in [3.05, 3.63) is 68.5 Å². The molecule has 0 radical (unpaired) electrons. The maximum Gasteiger partial charge on any atom is 0.272 e. The summed E-state index contributed by atoms with van der Waals surface area (Å²) in [6.07, 6.45) is 0. The standard InChI is InChI=1S/C18H17ClFN3O3/c1-12-2-3-13(19)10-17(12)21-6-8-22(9-7-21)18(24)15-5-4-14(23(25)26)11-16(15)20/h2-5,10-11H,6-9H2,1H3. The van der Waals surface area contributed by atoms with Crippen LogP contribution in [0.25, 0.3) is 0 Å². The van der Waals surface area contributed by atoms with Gasteiger partial charge in [0.25, 0.3) is 11.6 Å². The number of halogens is 2. The fourth-order valence-corrected chi connectivity index (χ4v) is 3.20. The zero-order chi connectivity index (χ0) is 18.8. The minimum absolute atomic E-state index is 0.150. The molecule has 6 nitrogen and oxygen atoms in total. The molecule has 1 amide bonds. The van der Waals surface area contributed by atoms with Crippen LogP contribution in [0.3, 0.4) is 0 Å². The smallest absolute Gasteiger partial charge is 0.272 e. The number of aryl methyl sites for hydroxylation is 1. The monoisotopic (exact) mass is 377 g/mol. The number of nitro benzene ring substituents is 1. The van der Waals surface area contributed by atoms with Gasteiger partial charge in [0.15, 0.2) is 0 Å². The Morgan fingerprint density at radius 1 is 1.15 bits per heavy atom. The van der Waals surface area contributed by atoms with Gasteiger partial charge in [0.1, 0.15) is 5.82 Å². The third-order valence-electron chi connectivity index (χ3n) is 4.47. The Morgan fingerprint density at radius 3 is 2.46 bits per heavy atom. The summed E-state index contributed by atoms with van der Waals surface area (Å²) in [5.74, 6) is -1.34. The number of hydrogen-bond acceptors (Lipinski definition) is 4. The van der Waals surface area contributed by atoms with Crippen molar-refractivity contribution in [2.75, 3.05) is 31.1 Å². The van der Waals surface area contributed by atoms with Gasteiger partial charge in [0.2, 0.25) is 0 Å². The third kappa shape index (κ3) is 3.62. The van der Waals surface area contributed by atoms with Gasteiger partial charge in [-0.25, -0.2) is 4.39 Å². The molecular formula is C18H17ClFN3O3. The van der Waals surface area contributed by atoms with Gasteiger partial charge in [-0.05, 0) is 30.7 Å². The topological polar surface area (TPSA) is 66.7 Å². The van der Waals surface area contributed by atoms with Crippen LogP contribution in [0.2, 0.25) is 5.02 Å². The van der Waals surface area contributed by atoms with Gasteiger partial charge in [0, 0.05) is 43.0 Å². The predicted molar refractivity (Wildman–Crippen MR) is 97.4 cm³/mol. The number of piperazine rings is 1. The van der Waals surface area contributed by atoms with Crippen molar-refractivity contribution < 1.29 is 14.1 Å². The van der Waals surface area contributed by atoms with Crippen LogP contribution in [-0.4, -0.2) is 41.9 Å². The first-order valence-corrected chi connectivity index (χ1v) is 8.49. The minimum Gasteiger partial charge on any atom is -0.368 e. The summed E-state index contributed by atoms with van der Waals surface area (Å²) >= 11 is 6.07. The van der Waals surface area contributed by atoms with E-state index in [9.17, 15) is 19.3 Å². The molecule has 1 saturated heterocycles. The Bertz CT molecular complexity index is 867. The summed E-state index contributed by atoms with van der Waals surface area (Å²) in [5.41, 5.74) is 1.59. The maximum atomic E-state index is 14.1. The van der Waals surface area contributed by atoms with E-state index in [4.69, 9.17) is 11.6 Å². The van der Waals surface area contributed by atoms with E-state index in [-0.39, 0.29) is 11.3 Å². The number of nitrogens with zero attached hydrogens (tertiary/aromatic N) is 3. The van der Waals surface area contributed by atoms with Crippen LogP contribution in [0.1, 0.15) is 15.9 Å². The SMILES string of the molecule is Cc1ccc(Cl)cc1N1CCN(C(=O)c2ccc([N+](=O)[O-])cc2F)CC1. The molecule has 0 atom stereocenters. The molecule has 26 heavy (non-hydrogen) atoms. The molecule has 1 aliphatic heterocycles. The Hall–Kier alpha value is -2.67. The van der Waals surface area contributed by atoms with Crippen molar-refractivity contribution in [1.29, 1.82) is 0 Å². The molecule has 3 rings (SSSR count). The van der Waals surface area contributed by atoms with Gasteiger partial charge < -0.3 is 9.80 Å². The zero-order valence-corrected chi connectivity index (χ0v) is 14.9. The number of carbonyl (C=O) groups excluding carboxylic acids is 1. The number of benzene rings is 2. The summed E-state index contributed by atoms with van der Waals surface area (Å²) in [5, 5.41) is 11.3. The van der Waals surface area contributed by atoms with Crippen molar-refractivity contribution in [2.45, 2.75) is 6.92 Å². The van der Waals surface area contributed by atoms with E-state index in [1.807, 2.05) is 25.1 Å². The van der Waals surface area contributed by atoms with Crippen molar-refractivity contribution >= 4 is 28.9 Å². The molecule has 1 heterocycles. The van der Waals surface area contributed by atoms with Crippen molar-refractivity contribution in [3.8, 4) is 0 Å². The lowest BCUT2D eigenvalue weighted by Crippen LogP contribution is -2.49. The van der Waals surface area contributed by atoms with Gasteiger partial charge in [0.05, 0.1) is 16.6 Å². The molecule has 136 valence electrons. The second-order valence-electron chi connectivity index (χ2n) is 6.13. The number of anilines is 1. The molecule has 0 unspecified atom stereocenters. The van der Waals surface area contributed by atoms with E-state index >= 15 is 0 Å². The summed E-state index contributed by atoms with van der Waals surface area (Å²) in [7, 11) is 0. The molecule has 2 aromatic carbocycles. The largest absolute Gasteiger partial charge is 0.368 e.